The standard InChI is InChI=1S/C31H48N4O2/c1-21-12-13-22(32-26(36)23-19-34(28(2,3)4)16-14-30(23,8)9)18-25(21)33-27(37)24-20-35(29(5,6)7)17-15-31(24,10)11/h12-13,18-20H,14-17H2,1-11H3,(H,32,36)(H,33,37). The number of anilines is 2. The average Bonchev–Trinajstić information content (AvgIpc) is 2.73. The minimum absolute atomic E-state index is 0.0481. The summed E-state index contributed by atoms with van der Waals surface area (Å²) in [6.45, 7) is 25.3. The lowest BCUT2D eigenvalue weighted by molar-refractivity contribution is -0.115. The molecule has 2 aliphatic rings. The van der Waals surface area contributed by atoms with Gasteiger partial charge in [0.05, 0.1) is 0 Å². The monoisotopic (exact) mass is 508 g/mol. The molecule has 6 nitrogen and oxygen atoms in total. The number of hydrogen-bond acceptors (Lipinski definition) is 4. The quantitative estimate of drug-likeness (QED) is 0.475. The first-order valence-corrected chi connectivity index (χ1v) is 13.5. The zero-order valence-corrected chi connectivity index (χ0v) is 24.9. The van der Waals surface area contributed by atoms with Crippen LogP contribution in [0, 0.1) is 17.8 Å². The van der Waals surface area contributed by atoms with Crippen molar-refractivity contribution in [2.24, 2.45) is 10.8 Å². The van der Waals surface area contributed by atoms with Crippen LogP contribution in [0.25, 0.3) is 0 Å². The van der Waals surface area contributed by atoms with Crippen LogP contribution in [0.5, 0.6) is 0 Å². The van der Waals surface area contributed by atoms with Crippen molar-refractivity contribution in [3.63, 3.8) is 0 Å². The Kier molecular flexibility index (Phi) is 7.66. The van der Waals surface area contributed by atoms with Gasteiger partial charge in [-0.25, -0.2) is 0 Å². The van der Waals surface area contributed by atoms with Crippen molar-refractivity contribution in [3.05, 3.63) is 47.3 Å². The van der Waals surface area contributed by atoms with Gasteiger partial charge in [-0.3, -0.25) is 9.59 Å². The predicted molar refractivity (Wildman–Crippen MR) is 154 cm³/mol. The fourth-order valence-electron chi connectivity index (χ4n) is 4.87. The Morgan fingerprint density at radius 3 is 1.62 bits per heavy atom. The average molecular weight is 509 g/mol. The maximum atomic E-state index is 13.5. The number of aryl methyl sites for hydroxylation is 1. The highest BCUT2D eigenvalue weighted by Gasteiger charge is 2.37. The maximum absolute atomic E-state index is 13.5. The van der Waals surface area contributed by atoms with Crippen LogP contribution in [-0.2, 0) is 9.59 Å². The summed E-state index contributed by atoms with van der Waals surface area (Å²) in [5.74, 6) is -0.195. The normalized spacial score (nSPS) is 19.6. The smallest absolute Gasteiger partial charge is 0.253 e. The van der Waals surface area contributed by atoms with E-state index >= 15 is 0 Å². The Bertz CT molecular complexity index is 1110. The molecule has 3 rings (SSSR count). The second kappa shape index (κ2) is 9.85. The molecule has 0 unspecified atom stereocenters. The van der Waals surface area contributed by atoms with Crippen molar-refractivity contribution in [3.8, 4) is 0 Å². The molecule has 0 radical (unpaired) electrons. The molecule has 204 valence electrons. The molecule has 0 aromatic heterocycles. The molecule has 0 spiro atoms. The van der Waals surface area contributed by atoms with Crippen molar-refractivity contribution in [2.45, 2.75) is 100 Å². The van der Waals surface area contributed by atoms with Crippen LogP contribution in [0.1, 0.15) is 87.6 Å². The van der Waals surface area contributed by atoms with E-state index in [4.69, 9.17) is 0 Å². The lowest BCUT2D eigenvalue weighted by Crippen LogP contribution is -2.45. The Labute approximate surface area is 224 Å². The molecule has 6 heteroatoms. The maximum Gasteiger partial charge on any atom is 0.253 e. The van der Waals surface area contributed by atoms with Gasteiger partial charge < -0.3 is 20.4 Å². The van der Waals surface area contributed by atoms with Crippen molar-refractivity contribution >= 4 is 23.2 Å². The van der Waals surface area contributed by atoms with E-state index in [0.717, 1.165) is 42.6 Å². The van der Waals surface area contributed by atoms with Gasteiger partial charge in [0.25, 0.3) is 11.8 Å². The van der Waals surface area contributed by atoms with Crippen LogP contribution >= 0.6 is 0 Å². The number of carbonyl (C=O) groups is 2. The molecule has 1 aromatic carbocycles. The Balaban J connectivity index is 1.84. The molecule has 0 fully saturated rings. The molecule has 2 aliphatic heterocycles. The molecular weight excluding hydrogens is 460 g/mol. The van der Waals surface area contributed by atoms with Gasteiger partial charge in [-0.15, -0.1) is 0 Å². The van der Waals surface area contributed by atoms with E-state index in [1.54, 1.807) is 0 Å². The molecule has 2 amide bonds. The minimum atomic E-state index is -0.219. The van der Waals surface area contributed by atoms with Crippen LogP contribution in [0.4, 0.5) is 11.4 Å². The second-order valence-electron chi connectivity index (χ2n) is 14.0. The van der Waals surface area contributed by atoms with E-state index in [-0.39, 0.29) is 33.7 Å². The number of rotatable bonds is 4. The molecule has 0 bridgehead atoms. The zero-order valence-electron chi connectivity index (χ0n) is 24.9. The van der Waals surface area contributed by atoms with Gasteiger partial charge in [-0.2, -0.15) is 0 Å². The number of benzene rings is 1. The predicted octanol–water partition coefficient (Wildman–Crippen LogP) is 6.70. The molecule has 1 aromatic rings. The fourth-order valence-corrected chi connectivity index (χ4v) is 4.87. The molecule has 2 N–H and O–H groups in total. The first-order valence-electron chi connectivity index (χ1n) is 13.5. The SMILES string of the molecule is Cc1ccc(NC(=O)C2=CN(C(C)(C)C)CCC2(C)C)cc1NC(=O)C1=CN(C(C)(C)C)CCC1(C)C. The summed E-state index contributed by atoms with van der Waals surface area (Å²) in [5.41, 5.74) is 3.35. The zero-order chi connectivity index (χ0) is 28.0. The minimum Gasteiger partial charge on any atom is -0.372 e. The molecule has 0 saturated carbocycles. The van der Waals surface area contributed by atoms with Crippen LogP contribution in [0.2, 0.25) is 0 Å². The van der Waals surface area contributed by atoms with Crippen molar-refractivity contribution < 1.29 is 9.59 Å². The highest BCUT2D eigenvalue weighted by atomic mass is 16.2. The lowest BCUT2D eigenvalue weighted by atomic mass is 9.78. The molecule has 2 heterocycles. The first kappa shape index (κ1) is 28.8. The highest BCUT2D eigenvalue weighted by Crippen LogP contribution is 2.39. The van der Waals surface area contributed by atoms with Gasteiger partial charge in [-0.1, -0.05) is 33.8 Å². The Morgan fingerprint density at radius 2 is 1.19 bits per heavy atom. The molecule has 37 heavy (non-hydrogen) atoms. The fraction of sp³-hybridized carbons (Fsp3) is 0.613. The number of nitrogens with zero attached hydrogens (tertiary/aromatic N) is 2. The summed E-state index contributed by atoms with van der Waals surface area (Å²) >= 11 is 0. The lowest BCUT2D eigenvalue weighted by Gasteiger charge is -2.43. The van der Waals surface area contributed by atoms with Gasteiger partial charge in [0.15, 0.2) is 0 Å². The van der Waals surface area contributed by atoms with Crippen LogP contribution in [-0.4, -0.2) is 45.8 Å². The van der Waals surface area contributed by atoms with Crippen LogP contribution in [0.15, 0.2) is 41.7 Å². The number of carbonyl (C=O) groups excluding carboxylic acids is 2. The first-order chi connectivity index (χ1) is 16.8. The van der Waals surface area contributed by atoms with E-state index in [9.17, 15) is 9.59 Å². The van der Waals surface area contributed by atoms with Crippen molar-refractivity contribution in [1.29, 1.82) is 0 Å². The van der Waals surface area contributed by atoms with Gasteiger partial charge in [-0.05, 0) is 89.8 Å². The van der Waals surface area contributed by atoms with Gasteiger partial charge >= 0.3 is 0 Å². The summed E-state index contributed by atoms with van der Waals surface area (Å²) < 4.78 is 0. The number of hydrogen-bond donors (Lipinski definition) is 2. The van der Waals surface area contributed by atoms with E-state index in [0.29, 0.717) is 11.4 Å². The number of nitrogens with one attached hydrogen (secondary N) is 2. The summed E-state index contributed by atoms with van der Waals surface area (Å²) in [7, 11) is 0. The third kappa shape index (κ3) is 6.58. The van der Waals surface area contributed by atoms with Crippen molar-refractivity contribution in [1.82, 2.24) is 9.80 Å². The third-order valence-corrected chi connectivity index (χ3v) is 7.94. The summed E-state index contributed by atoms with van der Waals surface area (Å²) in [5, 5.41) is 6.23. The highest BCUT2D eigenvalue weighted by molar-refractivity contribution is 6.07. The summed E-state index contributed by atoms with van der Waals surface area (Å²) in [6.07, 6.45) is 5.87. The van der Waals surface area contributed by atoms with Crippen LogP contribution in [0.3, 0.4) is 0 Å². The van der Waals surface area contributed by atoms with Gasteiger partial charge in [0, 0.05) is 59.1 Å². The van der Waals surface area contributed by atoms with Gasteiger partial charge in [0.2, 0.25) is 0 Å². The molecular formula is C31H48N4O2. The molecule has 0 atom stereocenters. The van der Waals surface area contributed by atoms with E-state index in [1.165, 1.54) is 0 Å². The van der Waals surface area contributed by atoms with E-state index in [1.807, 2.05) is 37.5 Å². The molecule has 0 aliphatic carbocycles. The summed E-state index contributed by atoms with van der Waals surface area (Å²) in [4.78, 5) is 31.4. The topological polar surface area (TPSA) is 64.7 Å². The third-order valence-electron chi connectivity index (χ3n) is 7.94. The Morgan fingerprint density at radius 1 is 0.757 bits per heavy atom. The largest absolute Gasteiger partial charge is 0.372 e. The molecule has 0 saturated heterocycles. The van der Waals surface area contributed by atoms with Crippen molar-refractivity contribution in [2.75, 3.05) is 23.7 Å². The number of amides is 2. The Hall–Kier alpha value is -2.76. The van der Waals surface area contributed by atoms with E-state index in [2.05, 4.69) is 89.7 Å². The van der Waals surface area contributed by atoms with E-state index < -0.39 is 0 Å². The summed E-state index contributed by atoms with van der Waals surface area (Å²) in [6, 6.07) is 5.70. The van der Waals surface area contributed by atoms with Gasteiger partial charge in [0.1, 0.15) is 0 Å². The second-order valence-corrected chi connectivity index (χ2v) is 14.0. The van der Waals surface area contributed by atoms with Crippen LogP contribution < -0.4 is 10.6 Å².